The third-order valence-corrected chi connectivity index (χ3v) is 3.37. The number of hydrogen-bond donors (Lipinski definition) is 2. The van der Waals surface area contributed by atoms with Crippen LogP contribution in [0.1, 0.15) is 5.56 Å². The molecule has 26 heavy (non-hydrogen) atoms. The summed E-state index contributed by atoms with van der Waals surface area (Å²) in [6, 6.07) is 6.58. The second kappa shape index (κ2) is 7.85. The summed E-state index contributed by atoms with van der Waals surface area (Å²) in [5, 5.41) is 4.85. The summed E-state index contributed by atoms with van der Waals surface area (Å²) in [6.45, 7) is 0. The smallest absolute Gasteiger partial charge is 0.416 e. The van der Waals surface area contributed by atoms with Gasteiger partial charge in [-0.15, -0.1) is 0 Å². The number of carbonyl (C=O) groups is 1. The molecular weight excluding hydrogens is 353 g/mol. The zero-order valence-electron chi connectivity index (χ0n) is 14.2. The number of rotatable bonds is 5. The minimum Gasteiger partial charge on any atom is -0.493 e. The number of amides is 2. The minimum atomic E-state index is -4.50. The fourth-order valence-electron chi connectivity index (χ4n) is 2.22. The topological polar surface area (TPSA) is 68.8 Å². The number of benzene rings is 2. The molecule has 0 heterocycles. The Hall–Kier alpha value is -3.10. The molecule has 2 aromatic carbocycles. The standard InChI is InChI=1S/C17H17F3N2O4/c1-24-13-8-12(9-14(25-2)15(13)26-3)22-16(23)21-11-6-4-5-10(7-11)17(18,19)20/h4-9H,1-3H3,(H2,21,22,23). The van der Waals surface area contributed by atoms with Crippen molar-refractivity contribution in [2.45, 2.75) is 6.18 Å². The van der Waals surface area contributed by atoms with E-state index in [1.54, 1.807) is 0 Å². The van der Waals surface area contributed by atoms with Gasteiger partial charge in [-0.2, -0.15) is 13.2 Å². The van der Waals surface area contributed by atoms with Gasteiger partial charge in [-0.3, -0.25) is 0 Å². The van der Waals surface area contributed by atoms with Gasteiger partial charge in [0.15, 0.2) is 11.5 Å². The Morgan fingerprint density at radius 2 is 1.46 bits per heavy atom. The lowest BCUT2D eigenvalue weighted by Gasteiger charge is -2.15. The zero-order chi connectivity index (χ0) is 19.3. The van der Waals surface area contributed by atoms with E-state index < -0.39 is 17.8 Å². The van der Waals surface area contributed by atoms with Gasteiger partial charge in [0.05, 0.1) is 32.6 Å². The number of anilines is 2. The molecule has 6 nitrogen and oxygen atoms in total. The van der Waals surface area contributed by atoms with E-state index in [0.717, 1.165) is 12.1 Å². The number of alkyl halides is 3. The fourth-order valence-corrected chi connectivity index (χ4v) is 2.22. The first-order chi connectivity index (χ1) is 12.3. The molecule has 0 aliphatic heterocycles. The number of hydrogen-bond acceptors (Lipinski definition) is 4. The molecule has 0 saturated carbocycles. The highest BCUT2D eigenvalue weighted by Crippen LogP contribution is 2.40. The van der Waals surface area contributed by atoms with Crippen molar-refractivity contribution in [2.75, 3.05) is 32.0 Å². The van der Waals surface area contributed by atoms with E-state index in [1.165, 1.54) is 45.6 Å². The minimum absolute atomic E-state index is 0.00441. The first kappa shape index (κ1) is 19.2. The van der Waals surface area contributed by atoms with E-state index >= 15 is 0 Å². The second-order valence-electron chi connectivity index (χ2n) is 5.07. The highest BCUT2D eigenvalue weighted by atomic mass is 19.4. The number of ether oxygens (including phenoxy) is 3. The van der Waals surface area contributed by atoms with Crippen LogP contribution in [0.5, 0.6) is 17.2 Å². The van der Waals surface area contributed by atoms with E-state index in [1.807, 2.05) is 0 Å². The molecule has 0 atom stereocenters. The van der Waals surface area contributed by atoms with Gasteiger partial charge in [0.2, 0.25) is 5.75 Å². The molecule has 140 valence electrons. The summed E-state index contributed by atoms with van der Waals surface area (Å²) in [4.78, 5) is 12.1. The molecule has 0 aliphatic carbocycles. The third kappa shape index (κ3) is 4.50. The van der Waals surface area contributed by atoms with Crippen LogP contribution < -0.4 is 24.8 Å². The summed E-state index contributed by atoms with van der Waals surface area (Å²) >= 11 is 0. The van der Waals surface area contributed by atoms with Crippen molar-refractivity contribution in [1.82, 2.24) is 0 Å². The summed E-state index contributed by atoms with van der Waals surface area (Å²) < 4.78 is 53.7. The van der Waals surface area contributed by atoms with Crippen LogP contribution in [0.25, 0.3) is 0 Å². The van der Waals surface area contributed by atoms with Gasteiger partial charge in [-0.25, -0.2) is 4.79 Å². The van der Waals surface area contributed by atoms with Crippen molar-refractivity contribution in [3.63, 3.8) is 0 Å². The average molecular weight is 370 g/mol. The molecule has 0 bridgehead atoms. The fraction of sp³-hybridized carbons (Fsp3) is 0.235. The maximum atomic E-state index is 12.7. The van der Waals surface area contributed by atoms with Gasteiger partial charge in [0, 0.05) is 17.8 Å². The number of nitrogens with one attached hydrogen (secondary N) is 2. The van der Waals surface area contributed by atoms with E-state index in [9.17, 15) is 18.0 Å². The van der Waals surface area contributed by atoms with Crippen molar-refractivity contribution >= 4 is 17.4 Å². The highest BCUT2D eigenvalue weighted by Gasteiger charge is 2.30. The van der Waals surface area contributed by atoms with Crippen LogP contribution in [-0.4, -0.2) is 27.4 Å². The first-order valence-electron chi connectivity index (χ1n) is 7.33. The van der Waals surface area contributed by atoms with E-state index in [-0.39, 0.29) is 5.69 Å². The lowest BCUT2D eigenvalue weighted by atomic mass is 10.2. The average Bonchev–Trinajstić information content (AvgIpc) is 2.60. The summed E-state index contributed by atoms with van der Waals surface area (Å²) in [5.41, 5.74) is -0.545. The van der Waals surface area contributed by atoms with Crippen LogP contribution in [0.3, 0.4) is 0 Å². The Morgan fingerprint density at radius 1 is 0.885 bits per heavy atom. The summed E-state index contributed by atoms with van der Waals surface area (Å²) in [5.74, 6) is 0.987. The van der Waals surface area contributed by atoms with Crippen molar-refractivity contribution in [2.24, 2.45) is 0 Å². The quantitative estimate of drug-likeness (QED) is 0.820. The van der Waals surface area contributed by atoms with Gasteiger partial charge >= 0.3 is 12.2 Å². The van der Waals surface area contributed by atoms with Crippen LogP contribution in [0.15, 0.2) is 36.4 Å². The van der Waals surface area contributed by atoms with Gasteiger partial charge in [-0.1, -0.05) is 6.07 Å². The van der Waals surface area contributed by atoms with Crippen molar-refractivity contribution < 1.29 is 32.2 Å². The van der Waals surface area contributed by atoms with Gasteiger partial charge in [0.1, 0.15) is 0 Å². The van der Waals surface area contributed by atoms with Crippen molar-refractivity contribution in [1.29, 1.82) is 0 Å². The molecule has 0 radical (unpaired) electrons. The first-order valence-corrected chi connectivity index (χ1v) is 7.33. The SMILES string of the molecule is COc1cc(NC(=O)Nc2cccc(C(F)(F)F)c2)cc(OC)c1OC. The Morgan fingerprint density at radius 3 is 1.96 bits per heavy atom. The van der Waals surface area contributed by atoms with Crippen molar-refractivity contribution in [3.05, 3.63) is 42.0 Å². The number of halogens is 3. The molecule has 2 N–H and O–H groups in total. The molecule has 0 saturated heterocycles. The predicted molar refractivity (Wildman–Crippen MR) is 90.2 cm³/mol. The van der Waals surface area contributed by atoms with Gasteiger partial charge in [0.25, 0.3) is 0 Å². The van der Waals surface area contributed by atoms with Crippen molar-refractivity contribution in [3.8, 4) is 17.2 Å². The molecular formula is C17H17F3N2O4. The zero-order valence-corrected chi connectivity index (χ0v) is 14.2. The predicted octanol–water partition coefficient (Wildman–Crippen LogP) is 4.38. The molecule has 2 amide bonds. The van der Waals surface area contributed by atoms with E-state index in [2.05, 4.69) is 10.6 Å². The molecule has 0 spiro atoms. The van der Waals surface area contributed by atoms with Crippen LogP contribution in [0.2, 0.25) is 0 Å². The number of urea groups is 1. The molecule has 0 aliphatic rings. The normalized spacial score (nSPS) is 10.8. The highest BCUT2D eigenvalue weighted by molar-refractivity contribution is 6.00. The van der Waals surface area contributed by atoms with E-state index in [4.69, 9.17) is 14.2 Å². The maximum Gasteiger partial charge on any atom is 0.416 e. The lowest BCUT2D eigenvalue weighted by molar-refractivity contribution is -0.137. The van der Waals surface area contributed by atoms with Crippen LogP contribution in [-0.2, 0) is 6.18 Å². The van der Waals surface area contributed by atoms with Crippen LogP contribution >= 0.6 is 0 Å². The van der Waals surface area contributed by atoms with Crippen LogP contribution in [0, 0.1) is 0 Å². The molecule has 9 heteroatoms. The van der Waals surface area contributed by atoms with Gasteiger partial charge in [-0.05, 0) is 18.2 Å². The lowest BCUT2D eigenvalue weighted by Crippen LogP contribution is -2.20. The number of methoxy groups -OCH3 is 3. The Bertz CT molecular complexity index is 769. The summed E-state index contributed by atoms with van der Waals surface area (Å²) in [7, 11) is 4.28. The largest absolute Gasteiger partial charge is 0.493 e. The third-order valence-electron chi connectivity index (χ3n) is 3.37. The maximum absolute atomic E-state index is 12.7. The molecule has 2 aromatic rings. The van der Waals surface area contributed by atoms with Crippen LogP contribution in [0.4, 0.5) is 29.3 Å². The van der Waals surface area contributed by atoms with E-state index in [0.29, 0.717) is 22.9 Å². The molecule has 0 unspecified atom stereocenters. The Balaban J connectivity index is 2.18. The summed E-state index contributed by atoms with van der Waals surface area (Å²) in [6.07, 6.45) is -4.50. The molecule has 2 rings (SSSR count). The number of carbonyl (C=O) groups excluding carboxylic acids is 1. The monoisotopic (exact) mass is 370 g/mol. The molecule has 0 aromatic heterocycles. The Kier molecular flexibility index (Phi) is 5.81. The Labute approximate surface area is 147 Å². The second-order valence-corrected chi connectivity index (χ2v) is 5.07. The molecule has 0 fully saturated rings. The van der Waals surface area contributed by atoms with Gasteiger partial charge < -0.3 is 24.8 Å².